The van der Waals surface area contributed by atoms with Crippen molar-refractivity contribution < 1.29 is 19.1 Å². The van der Waals surface area contributed by atoms with Crippen molar-refractivity contribution in [1.82, 2.24) is 19.9 Å². The molecule has 0 spiro atoms. The number of carbonyl (C=O) groups excluding carboxylic acids is 2. The average molecular weight is 486 g/mol. The van der Waals surface area contributed by atoms with E-state index in [0.717, 1.165) is 17.0 Å². The standard InChI is InChI=1S/C27H27N5O4/c1-3-35-21-13-11-20(12-14-21)30-25-22(10-7-15-28-25)27(34)36-18-23(33)31-24(19-8-5-4-6-9-19)26-29-16-17-32(26)2/h4-17,24H,3,18H2,1-2H3,(H,28,30)(H,31,33). The number of pyridine rings is 1. The fraction of sp³-hybridized carbons (Fsp3) is 0.185. The summed E-state index contributed by atoms with van der Waals surface area (Å²) >= 11 is 0. The summed E-state index contributed by atoms with van der Waals surface area (Å²) in [5.41, 5.74) is 1.80. The molecule has 0 saturated heterocycles. The summed E-state index contributed by atoms with van der Waals surface area (Å²) < 4.78 is 12.6. The van der Waals surface area contributed by atoms with E-state index in [1.54, 1.807) is 30.7 Å². The van der Waals surface area contributed by atoms with Gasteiger partial charge in [0.25, 0.3) is 5.91 Å². The first kappa shape index (κ1) is 24.5. The molecule has 9 heteroatoms. The molecule has 184 valence electrons. The molecule has 36 heavy (non-hydrogen) atoms. The zero-order valence-electron chi connectivity index (χ0n) is 20.0. The summed E-state index contributed by atoms with van der Waals surface area (Å²) in [6, 6.07) is 19.5. The average Bonchev–Trinajstić information content (AvgIpc) is 3.33. The SMILES string of the molecule is CCOc1ccc(Nc2ncccc2C(=O)OCC(=O)NC(c2ccccc2)c2nccn2C)cc1. The van der Waals surface area contributed by atoms with Crippen LogP contribution in [0.3, 0.4) is 0 Å². The van der Waals surface area contributed by atoms with Crippen molar-refractivity contribution in [2.24, 2.45) is 7.05 Å². The minimum absolute atomic E-state index is 0.211. The number of esters is 1. The highest BCUT2D eigenvalue weighted by atomic mass is 16.5. The van der Waals surface area contributed by atoms with Crippen LogP contribution in [0, 0.1) is 0 Å². The zero-order valence-corrected chi connectivity index (χ0v) is 20.0. The van der Waals surface area contributed by atoms with Crippen LogP contribution in [0.1, 0.15) is 34.7 Å². The largest absolute Gasteiger partial charge is 0.494 e. The number of aromatic nitrogens is 3. The lowest BCUT2D eigenvalue weighted by Gasteiger charge is -2.19. The topological polar surface area (TPSA) is 107 Å². The molecule has 4 rings (SSSR count). The van der Waals surface area contributed by atoms with E-state index in [0.29, 0.717) is 18.2 Å². The van der Waals surface area contributed by atoms with Gasteiger partial charge in [-0.3, -0.25) is 4.79 Å². The molecule has 0 aliphatic carbocycles. The fourth-order valence-corrected chi connectivity index (χ4v) is 3.62. The Balaban J connectivity index is 1.41. The van der Waals surface area contributed by atoms with Crippen molar-refractivity contribution >= 4 is 23.4 Å². The molecule has 0 fully saturated rings. The molecule has 2 aromatic heterocycles. The van der Waals surface area contributed by atoms with Crippen LogP contribution in [0.2, 0.25) is 0 Å². The van der Waals surface area contributed by atoms with Crippen LogP contribution >= 0.6 is 0 Å². The van der Waals surface area contributed by atoms with Gasteiger partial charge in [0.1, 0.15) is 29.0 Å². The summed E-state index contributed by atoms with van der Waals surface area (Å²) in [4.78, 5) is 34.2. The van der Waals surface area contributed by atoms with Gasteiger partial charge in [0, 0.05) is 31.3 Å². The van der Waals surface area contributed by atoms with Crippen LogP contribution < -0.4 is 15.4 Å². The van der Waals surface area contributed by atoms with E-state index in [-0.39, 0.29) is 5.56 Å². The highest BCUT2D eigenvalue weighted by Gasteiger charge is 2.22. The molecule has 0 bridgehead atoms. The second-order valence-corrected chi connectivity index (χ2v) is 7.87. The Bertz CT molecular complexity index is 1310. The first-order valence-electron chi connectivity index (χ1n) is 11.5. The lowest BCUT2D eigenvalue weighted by Crippen LogP contribution is -2.34. The van der Waals surface area contributed by atoms with E-state index < -0.39 is 24.5 Å². The Kier molecular flexibility index (Phi) is 7.92. The smallest absolute Gasteiger partial charge is 0.342 e. The van der Waals surface area contributed by atoms with Crippen molar-refractivity contribution in [1.29, 1.82) is 0 Å². The number of rotatable bonds is 10. The van der Waals surface area contributed by atoms with E-state index in [2.05, 4.69) is 20.6 Å². The second kappa shape index (κ2) is 11.7. The van der Waals surface area contributed by atoms with Gasteiger partial charge < -0.3 is 24.7 Å². The molecule has 1 unspecified atom stereocenters. The van der Waals surface area contributed by atoms with E-state index in [4.69, 9.17) is 9.47 Å². The van der Waals surface area contributed by atoms with Gasteiger partial charge >= 0.3 is 5.97 Å². The number of nitrogens with one attached hydrogen (secondary N) is 2. The van der Waals surface area contributed by atoms with Gasteiger partial charge in [-0.25, -0.2) is 14.8 Å². The van der Waals surface area contributed by atoms with Crippen LogP contribution in [-0.4, -0.2) is 39.6 Å². The molecule has 1 atom stereocenters. The number of aryl methyl sites for hydroxylation is 1. The third-order valence-corrected chi connectivity index (χ3v) is 5.34. The second-order valence-electron chi connectivity index (χ2n) is 7.87. The number of ether oxygens (including phenoxy) is 2. The molecule has 9 nitrogen and oxygen atoms in total. The summed E-state index contributed by atoms with van der Waals surface area (Å²) in [7, 11) is 1.85. The molecule has 0 radical (unpaired) electrons. The molecule has 0 aliphatic rings. The van der Waals surface area contributed by atoms with Crippen molar-refractivity contribution in [2.45, 2.75) is 13.0 Å². The summed E-state index contributed by atoms with van der Waals surface area (Å²) in [6.07, 6.45) is 5.04. The third-order valence-electron chi connectivity index (χ3n) is 5.34. The van der Waals surface area contributed by atoms with Crippen LogP contribution in [0.15, 0.2) is 85.3 Å². The minimum atomic E-state index is -0.667. The third kappa shape index (κ3) is 6.06. The van der Waals surface area contributed by atoms with Gasteiger partial charge in [-0.1, -0.05) is 30.3 Å². The van der Waals surface area contributed by atoms with Crippen molar-refractivity contribution in [3.05, 3.63) is 102 Å². The number of anilines is 2. The monoisotopic (exact) mass is 485 g/mol. The van der Waals surface area contributed by atoms with Crippen molar-refractivity contribution in [3.63, 3.8) is 0 Å². The zero-order chi connectivity index (χ0) is 25.3. The first-order chi connectivity index (χ1) is 17.5. The van der Waals surface area contributed by atoms with Gasteiger partial charge in [-0.05, 0) is 48.9 Å². The Morgan fingerprint density at radius 1 is 0.972 bits per heavy atom. The molecule has 2 N–H and O–H groups in total. The van der Waals surface area contributed by atoms with Crippen LogP contribution in [0.25, 0.3) is 0 Å². The predicted octanol–water partition coefficient (Wildman–Crippen LogP) is 4.02. The van der Waals surface area contributed by atoms with Crippen molar-refractivity contribution in [3.8, 4) is 5.75 Å². The lowest BCUT2D eigenvalue weighted by atomic mass is 10.1. The van der Waals surface area contributed by atoms with Crippen molar-refractivity contribution in [2.75, 3.05) is 18.5 Å². The molecule has 4 aromatic rings. The van der Waals surface area contributed by atoms with E-state index in [1.807, 2.05) is 73.1 Å². The van der Waals surface area contributed by atoms with Gasteiger partial charge in [-0.15, -0.1) is 0 Å². The molecule has 2 heterocycles. The van der Waals surface area contributed by atoms with Gasteiger partial charge in [0.05, 0.1) is 6.61 Å². The fourth-order valence-electron chi connectivity index (χ4n) is 3.62. The number of imidazole rings is 1. The maximum absolute atomic E-state index is 12.8. The Labute approximate surface area is 209 Å². The number of benzene rings is 2. The predicted molar refractivity (Wildman–Crippen MR) is 135 cm³/mol. The summed E-state index contributed by atoms with van der Waals surface area (Å²) in [5.74, 6) is 0.608. The number of nitrogens with zero attached hydrogens (tertiary/aromatic N) is 3. The Morgan fingerprint density at radius 2 is 1.75 bits per heavy atom. The summed E-state index contributed by atoms with van der Waals surface area (Å²) in [6.45, 7) is 2.03. The Morgan fingerprint density at radius 3 is 2.44 bits per heavy atom. The lowest BCUT2D eigenvalue weighted by molar-refractivity contribution is -0.124. The molecule has 0 saturated carbocycles. The Hall–Kier alpha value is -4.66. The van der Waals surface area contributed by atoms with Gasteiger partial charge in [0.15, 0.2) is 6.61 Å². The van der Waals surface area contributed by atoms with Crippen LogP contribution in [0.5, 0.6) is 5.75 Å². The molecular weight excluding hydrogens is 458 g/mol. The number of hydrogen-bond donors (Lipinski definition) is 2. The molecular formula is C27H27N5O4. The minimum Gasteiger partial charge on any atom is -0.494 e. The first-order valence-corrected chi connectivity index (χ1v) is 11.5. The van der Waals surface area contributed by atoms with Crippen LogP contribution in [0.4, 0.5) is 11.5 Å². The normalized spacial score (nSPS) is 11.4. The van der Waals surface area contributed by atoms with E-state index in [9.17, 15) is 9.59 Å². The highest BCUT2D eigenvalue weighted by molar-refractivity contribution is 5.96. The molecule has 1 amide bonds. The summed E-state index contributed by atoms with van der Waals surface area (Å²) in [5, 5.41) is 6.02. The molecule has 2 aromatic carbocycles. The number of amides is 1. The van der Waals surface area contributed by atoms with Gasteiger partial charge in [-0.2, -0.15) is 0 Å². The van der Waals surface area contributed by atoms with Crippen LogP contribution in [-0.2, 0) is 16.6 Å². The number of carbonyl (C=O) groups is 2. The maximum Gasteiger partial charge on any atom is 0.342 e. The van der Waals surface area contributed by atoms with E-state index >= 15 is 0 Å². The highest BCUT2D eigenvalue weighted by Crippen LogP contribution is 2.22. The quantitative estimate of drug-likeness (QED) is 0.327. The number of hydrogen-bond acceptors (Lipinski definition) is 7. The van der Waals surface area contributed by atoms with E-state index in [1.165, 1.54) is 0 Å². The maximum atomic E-state index is 12.8. The molecule has 0 aliphatic heterocycles. The van der Waals surface area contributed by atoms with Gasteiger partial charge in [0.2, 0.25) is 0 Å².